The largest absolute Gasteiger partial charge is 0.365 e. The highest BCUT2D eigenvalue weighted by Crippen LogP contribution is 2.26. The standard InChI is InChI=1S/C16H15N9O2/c1-23-9-10(7-19-23)24(2)15-11(14(17)26)8-18-16(20-15)27-25-13-6-4-3-5-12(13)21-22-25/h3-9H,1-2H3,(H2,17,26). The number of anilines is 2. The number of hydrogen-bond acceptors (Lipinski definition) is 8. The predicted molar refractivity (Wildman–Crippen MR) is 95.4 cm³/mol. The van der Waals surface area contributed by atoms with Gasteiger partial charge in [0, 0.05) is 26.5 Å². The smallest absolute Gasteiger partial charge is 0.347 e. The second-order valence-corrected chi connectivity index (χ2v) is 5.73. The summed E-state index contributed by atoms with van der Waals surface area (Å²) in [5.41, 5.74) is 7.65. The molecule has 3 aromatic heterocycles. The van der Waals surface area contributed by atoms with E-state index in [9.17, 15) is 4.79 Å². The monoisotopic (exact) mass is 365 g/mol. The van der Waals surface area contributed by atoms with E-state index in [4.69, 9.17) is 10.6 Å². The van der Waals surface area contributed by atoms with Gasteiger partial charge in [0.25, 0.3) is 5.91 Å². The van der Waals surface area contributed by atoms with Gasteiger partial charge in [0.05, 0.1) is 11.9 Å². The van der Waals surface area contributed by atoms with E-state index in [1.54, 1.807) is 48.2 Å². The lowest BCUT2D eigenvalue weighted by molar-refractivity contribution is 0.0999. The van der Waals surface area contributed by atoms with Gasteiger partial charge in [-0.15, -0.1) is 5.10 Å². The van der Waals surface area contributed by atoms with Crippen molar-refractivity contribution in [3.8, 4) is 6.01 Å². The van der Waals surface area contributed by atoms with Crippen molar-refractivity contribution in [2.75, 3.05) is 11.9 Å². The lowest BCUT2D eigenvalue weighted by Crippen LogP contribution is -2.21. The molecule has 4 rings (SSSR count). The Morgan fingerprint density at radius 1 is 1.26 bits per heavy atom. The first-order chi connectivity index (χ1) is 13.0. The van der Waals surface area contributed by atoms with Crippen molar-refractivity contribution in [2.45, 2.75) is 0 Å². The summed E-state index contributed by atoms with van der Waals surface area (Å²) in [6.07, 6.45) is 4.72. The van der Waals surface area contributed by atoms with Crippen molar-refractivity contribution < 1.29 is 9.63 Å². The number of fused-ring (bicyclic) bond motifs is 1. The van der Waals surface area contributed by atoms with Crippen molar-refractivity contribution in [1.82, 2.24) is 34.9 Å². The Morgan fingerprint density at radius 2 is 2.07 bits per heavy atom. The van der Waals surface area contributed by atoms with Gasteiger partial charge < -0.3 is 15.5 Å². The van der Waals surface area contributed by atoms with Gasteiger partial charge in [0.1, 0.15) is 16.6 Å². The molecule has 27 heavy (non-hydrogen) atoms. The number of rotatable bonds is 5. The Hall–Kier alpha value is -4.02. The molecule has 0 aliphatic rings. The van der Waals surface area contributed by atoms with E-state index in [-0.39, 0.29) is 17.4 Å². The van der Waals surface area contributed by atoms with Gasteiger partial charge in [-0.3, -0.25) is 9.48 Å². The molecular formula is C16H15N9O2. The van der Waals surface area contributed by atoms with Crippen molar-refractivity contribution in [3.05, 3.63) is 48.4 Å². The van der Waals surface area contributed by atoms with E-state index in [0.29, 0.717) is 11.0 Å². The molecule has 0 spiro atoms. The van der Waals surface area contributed by atoms with Gasteiger partial charge in [-0.25, -0.2) is 4.98 Å². The van der Waals surface area contributed by atoms with E-state index in [1.807, 2.05) is 12.1 Å². The molecule has 1 amide bonds. The van der Waals surface area contributed by atoms with Crippen LogP contribution in [0, 0.1) is 0 Å². The number of aromatic nitrogens is 7. The van der Waals surface area contributed by atoms with Gasteiger partial charge in [0.2, 0.25) is 0 Å². The van der Waals surface area contributed by atoms with Crippen LogP contribution >= 0.6 is 0 Å². The highest BCUT2D eigenvalue weighted by atomic mass is 16.7. The van der Waals surface area contributed by atoms with Crippen LogP contribution in [0.1, 0.15) is 10.4 Å². The average molecular weight is 365 g/mol. The average Bonchev–Trinajstić information content (AvgIpc) is 3.28. The van der Waals surface area contributed by atoms with Crippen molar-refractivity contribution in [2.24, 2.45) is 12.8 Å². The van der Waals surface area contributed by atoms with Gasteiger partial charge in [-0.1, -0.05) is 17.0 Å². The van der Waals surface area contributed by atoms with Gasteiger partial charge in [-0.2, -0.15) is 10.1 Å². The number of para-hydroxylation sites is 1. The molecule has 0 bridgehead atoms. The van der Waals surface area contributed by atoms with E-state index in [0.717, 1.165) is 5.69 Å². The van der Waals surface area contributed by atoms with Crippen molar-refractivity contribution >= 4 is 28.4 Å². The van der Waals surface area contributed by atoms with Gasteiger partial charge in [-0.05, 0) is 17.3 Å². The maximum atomic E-state index is 11.8. The van der Waals surface area contributed by atoms with Crippen molar-refractivity contribution in [1.29, 1.82) is 0 Å². The summed E-state index contributed by atoms with van der Waals surface area (Å²) < 4.78 is 1.63. The molecule has 0 saturated heterocycles. The number of carbonyl (C=O) groups is 1. The molecule has 11 nitrogen and oxygen atoms in total. The minimum atomic E-state index is -0.654. The summed E-state index contributed by atoms with van der Waals surface area (Å²) in [6.45, 7) is 0. The summed E-state index contributed by atoms with van der Waals surface area (Å²) in [4.78, 5) is 28.7. The first-order valence-electron chi connectivity index (χ1n) is 7.91. The van der Waals surface area contributed by atoms with Crippen LogP contribution in [0.3, 0.4) is 0 Å². The second kappa shape index (κ2) is 6.37. The lowest BCUT2D eigenvalue weighted by atomic mass is 10.2. The summed E-state index contributed by atoms with van der Waals surface area (Å²) >= 11 is 0. The van der Waals surface area contributed by atoms with Crippen LogP contribution < -0.4 is 15.5 Å². The number of benzene rings is 1. The van der Waals surface area contributed by atoms with Crippen LogP contribution in [-0.4, -0.2) is 47.9 Å². The molecule has 0 radical (unpaired) electrons. The maximum Gasteiger partial charge on any atom is 0.347 e. The normalized spacial score (nSPS) is 10.9. The first-order valence-corrected chi connectivity index (χ1v) is 7.91. The highest BCUT2D eigenvalue weighted by molar-refractivity contribution is 5.98. The number of nitrogens with zero attached hydrogens (tertiary/aromatic N) is 8. The summed E-state index contributed by atoms with van der Waals surface area (Å²) in [6, 6.07) is 7.28. The Kier molecular flexibility index (Phi) is 3.88. The van der Waals surface area contributed by atoms with E-state index in [2.05, 4.69) is 25.4 Å². The van der Waals surface area contributed by atoms with Crippen LogP contribution in [0.25, 0.3) is 11.0 Å². The molecular weight excluding hydrogens is 350 g/mol. The number of hydrogen-bond donors (Lipinski definition) is 1. The Labute approximate surface area is 152 Å². The fraction of sp³-hybridized carbons (Fsp3) is 0.125. The SMILES string of the molecule is CN(c1cnn(C)c1)c1nc(On2nnc3ccccc32)ncc1C(N)=O. The third-order valence-corrected chi connectivity index (χ3v) is 3.90. The van der Waals surface area contributed by atoms with Gasteiger partial charge in [0.15, 0.2) is 5.82 Å². The maximum absolute atomic E-state index is 11.8. The first kappa shape index (κ1) is 16.4. The molecule has 3 heterocycles. The quantitative estimate of drug-likeness (QED) is 0.546. The minimum Gasteiger partial charge on any atom is -0.365 e. The summed E-state index contributed by atoms with van der Waals surface area (Å²) in [5.74, 6) is -0.372. The molecule has 0 fully saturated rings. The van der Waals surface area contributed by atoms with Crippen LogP contribution in [0.4, 0.5) is 11.5 Å². The minimum absolute atomic E-state index is 0.0126. The fourth-order valence-corrected chi connectivity index (χ4v) is 2.53. The molecule has 1 aromatic carbocycles. The van der Waals surface area contributed by atoms with E-state index in [1.165, 1.54) is 11.0 Å². The van der Waals surface area contributed by atoms with Crippen LogP contribution in [0.5, 0.6) is 6.01 Å². The van der Waals surface area contributed by atoms with E-state index < -0.39 is 5.91 Å². The zero-order chi connectivity index (χ0) is 19.0. The molecule has 0 atom stereocenters. The molecule has 0 saturated carbocycles. The Balaban J connectivity index is 1.73. The topological polar surface area (TPSA) is 130 Å². The molecule has 4 aromatic rings. The molecule has 136 valence electrons. The van der Waals surface area contributed by atoms with Crippen molar-refractivity contribution in [3.63, 3.8) is 0 Å². The molecule has 0 aliphatic heterocycles. The zero-order valence-electron chi connectivity index (χ0n) is 14.5. The van der Waals surface area contributed by atoms with Crippen LogP contribution in [0.2, 0.25) is 0 Å². The molecule has 0 unspecified atom stereocenters. The summed E-state index contributed by atoms with van der Waals surface area (Å²) in [5, 5.41) is 12.1. The van der Waals surface area contributed by atoms with Crippen LogP contribution in [0.15, 0.2) is 42.9 Å². The number of primary amides is 1. The zero-order valence-corrected chi connectivity index (χ0v) is 14.5. The summed E-state index contributed by atoms with van der Waals surface area (Å²) in [7, 11) is 3.52. The third kappa shape index (κ3) is 3.01. The van der Waals surface area contributed by atoms with Crippen LogP contribution in [-0.2, 0) is 7.05 Å². The third-order valence-electron chi connectivity index (χ3n) is 3.90. The number of amides is 1. The number of nitrogens with two attached hydrogens (primary N) is 1. The van der Waals surface area contributed by atoms with E-state index >= 15 is 0 Å². The highest BCUT2D eigenvalue weighted by Gasteiger charge is 2.19. The van der Waals surface area contributed by atoms with Gasteiger partial charge >= 0.3 is 6.01 Å². The number of aryl methyl sites for hydroxylation is 1. The molecule has 11 heteroatoms. The predicted octanol–water partition coefficient (Wildman–Crippen LogP) is 0.664. The fourth-order valence-electron chi connectivity index (χ4n) is 2.53. The Morgan fingerprint density at radius 3 is 2.81 bits per heavy atom. The second-order valence-electron chi connectivity index (χ2n) is 5.73. The molecule has 2 N–H and O–H groups in total. The molecule has 0 aliphatic carbocycles. The number of carbonyl (C=O) groups excluding carboxylic acids is 1. The Bertz CT molecular complexity index is 1130. The lowest BCUT2D eigenvalue weighted by Gasteiger charge is -2.18.